The molecule has 0 saturated heterocycles. The van der Waals surface area contributed by atoms with Crippen molar-refractivity contribution in [3.8, 4) is 0 Å². The van der Waals surface area contributed by atoms with E-state index in [1.807, 2.05) is 20.0 Å². The van der Waals surface area contributed by atoms with Crippen LogP contribution < -0.4 is 5.32 Å². The monoisotopic (exact) mass is 303 g/mol. The van der Waals surface area contributed by atoms with Crippen LogP contribution in [-0.2, 0) is 7.05 Å². The van der Waals surface area contributed by atoms with Crippen LogP contribution in [0.4, 0.5) is 10.1 Å². The minimum atomic E-state index is -0.311. The molecule has 4 nitrogen and oxygen atoms in total. The normalized spacial score (nSPS) is 11.0. The van der Waals surface area contributed by atoms with Gasteiger partial charge < -0.3 is 5.32 Å². The van der Waals surface area contributed by atoms with E-state index in [2.05, 4.69) is 10.4 Å². The van der Waals surface area contributed by atoms with Crippen LogP contribution in [0.2, 0.25) is 0 Å². The van der Waals surface area contributed by atoms with E-state index in [0.29, 0.717) is 16.1 Å². The highest BCUT2D eigenvalue weighted by Crippen LogP contribution is 2.28. The molecular formula is C15H14FN3OS. The highest BCUT2D eigenvalue weighted by Gasteiger charge is 2.15. The fourth-order valence-corrected chi connectivity index (χ4v) is 3.29. The second kappa shape index (κ2) is 4.96. The average Bonchev–Trinajstić information content (AvgIpc) is 2.96. The van der Waals surface area contributed by atoms with Gasteiger partial charge in [-0.3, -0.25) is 9.48 Å². The molecule has 0 aliphatic heterocycles. The lowest BCUT2D eigenvalue weighted by Crippen LogP contribution is -2.11. The third kappa shape index (κ3) is 2.42. The fraction of sp³-hybridized carbons (Fsp3) is 0.200. The minimum absolute atomic E-state index is 0.190. The molecule has 1 amide bonds. The van der Waals surface area contributed by atoms with Gasteiger partial charge in [-0.1, -0.05) is 0 Å². The quantitative estimate of drug-likeness (QED) is 0.785. The molecule has 0 aliphatic carbocycles. The molecule has 0 fully saturated rings. The maximum Gasteiger partial charge on any atom is 0.265 e. The van der Waals surface area contributed by atoms with Gasteiger partial charge >= 0.3 is 0 Å². The Morgan fingerprint density at radius 3 is 2.76 bits per heavy atom. The molecule has 1 aromatic carbocycles. The van der Waals surface area contributed by atoms with Crippen molar-refractivity contribution >= 4 is 33.1 Å². The van der Waals surface area contributed by atoms with Crippen molar-refractivity contribution in [1.29, 1.82) is 0 Å². The summed E-state index contributed by atoms with van der Waals surface area (Å²) in [5, 5.41) is 8.12. The van der Waals surface area contributed by atoms with E-state index in [-0.39, 0.29) is 11.7 Å². The number of carbonyl (C=O) groups is 1. The van der Waals surface area contributed by atoms with E-state index in [9.17, 15) is 9.18 Å². The van der Waals surface area contributed by atoms with E-state index in [0.717, 1.165) is 15.9 Å². The van der Waals surface area contributed by atoms with Gasteiger partial charge in [0.1, 0.15) is 10.6 Å². The Hall–Kier alpha value is -2.21. The molecule has 0 saturated carbocycles. The summed E-state index contributed by atoms with van der Waals surface area (Å²) in [6, 6.07) is 6.15. The molecule has 0 spiro atoms. The van der Waals surface area contributed by atoms with Crippen molar-refractivity contribution in [1.82, 2.24) is 9.78 Å². The van der Waals surface area contributed by atoms with Crippen molar-refractivity contribution in [3.05, 3.63) is 46.2 Å². The molecule has 3 rings (SSSR count). The largest absolute Gasteiger partial charge is 0.321 e. The number of hydrogen-bond donors (Lipinski definition) is 1. The van der Waals surface area contributed by atoms with E-state index < -0.39 is 0 Å². The lowest BCUT2D eigenvalue weighted by atomic mass is 10.2. The third-order valence-corrected chi connectivity index (χ3v) is 4.56. The van der Waals surface area contributed by atoms with Crippen molar-refractivity contribution in [2.24, 2.45) is 7.05 Å². The molecule has 108 valence electrons. The van der Waals surface area contributed by atoms with E-state index in [1.54, 1.807) is 17.7 Å². The average molecular weight is 303 g/mol. The molecule has 0 unspecified atom stereocenters. The third-order valence-electron chi connectivity index (χ3n) is 3.36. The van der Waals surface area contributed by atoms with Crippen LogP contribution in [0.1, 0.15) is 20.9 Å². The van der Waals surface area contributed by atoms with Gasteiger partial charge in [-0.2, -0.15) is 5.10 Å². The molecule has 6 heteroatoms. The van der Waals surface area contributed by atoms with Crippen molar-refractivity contribution in [2.45, 2.75) is 13.8 Å². The SMILES string of the molecule is Cc1cc(F)ccc1NC(=O)c1cc2c(C)nn(C)c2s1. The number of thiophene rings is 1. The Kier molecular flexibility index (Phi) is 3.25. The number of hydrogen-bond acceptors (Lipinski definition) is 3. The zero-order valence-electron chi connectivity index (χ0n) is 11.9. The topological polar surface area (TPSA) is 46.9 Å². The number of anilines is 1. The Morgan fingerprint density at radius 1 is 1.33 bits per heavy atom. The minimum Gasteiger partial charge on any atom is -0.321 e. The molecule has 21 heavy (non-hydrogen) atoms. The summed E-state index contributed by atoms with van der Waals surface area (Å²) < 4.78 is 14.8. The van der Waals surface area contributed by atoms with E-state index in [4.69, 9.17) is 0 Å². The van der Waals surface area contributed by atoms with Gasteiger partial charge in [-0.25, -0.2) is 4.39 Å². The van der Waals surface area contributed by atoms with Gasteiger partial charge in [0.15, 0.2) is 0 Å². The van der Waals surface area contributed by atoms with Crippen LogP contribution in [0.3, 0.4) is 0 Å². The first kappa shape index (κ1) is 13.8. The van der Waals surface area contributed by atoms with Gasteiger partial charge in [0.05, 0.1) is 10.6 Å². The zero-order valence-corrected chi connectivity index (χ0v) is 12.7. The van der Waals surface area contributed by atoms with Gasteiger partial charge in [0.2, 0.25) is 0 Å². The molecule has 2 aromatic heterocycles. The predicted octanol–water partition coefficient (Wildman–Crippen LogP) is 3.64. The molecule has 1 N–H and O–H groups in total. The van der Waals surface area contributed by atoms with Crippen molar-refractivity contribution in [2.75, 3.05) is 5.32 Å². The van der Waals surface area contributed by atoms with Gasteiger partial charge in [0.25, 0.3) is 5.91 Å². The number of aromatic nitrogens is 2. The number of fused-ring (bicyclic) bond motifs is 1. The molecule has 0 atom stereocenters. The zero-order chi connectivity index (χ0) is 15.1. The molecule has 0 aliphatic rings. The summed E-state index contributed by atoms with van der Waals surface area (Å²) in [5.74, 6) is -0.501. The lowest BCUT2D eigenvalue weighted by molar-refractivity contribution is 0.103. The predicted molar refractivity (Wildman–Crippen MR) is 82.4 cm³/mol. The molecule has 0 radical (unpaired) electrons. The van der Waals surface area contributed by atoms with E-state index >= 15 is 0 Å². The summed E-state index contributed by atoms with van der Waals surface area (Å²) in [6.07, 6.45) is 0. The number of rotatable bonds is 2. The Balaban J connectivity index is 1.91. The Bertz CT molecular complexity index is 816. The highest BCUT2D eigenvalue weighted by atomic mass is 32.1. The second-order valence-corrected chi connectivity index (χ2v) is 5.98. The molecule has 0 bridgehead atoms. The van der Waals surface area contributed by atoms with Crippen LogP contribution in [0.15, 0.2) is 24.3 Å². The number of nitrogens with zero attached hydrogens (tertiary/aromatic N) is 2. The standard InChI is InChI=1S/C15H14FN3OS/c1-8-6-10(16)4-5-12(8)17-14(20)13-7-11-9(2)18-19(3)15(11)21-13/h4-7H,1-3H3,(H,17,20). The first-order chi connectivity index (χ1) is 9.95. The lowest BCUT2D eigenvalue weighted by Gasteiger charge is -2.07. The Labute approximate surface area is 125 Å². The molecule has 2 heterocycles. The highest BCUT2D eigenvalue weighted by molar-refractivity contribution is 7.20. The summed E-state index contributed by atoms with van der Waals surface area (Å²) >= 11 is 1.40. The number of aryl methyl sites for hydroxylation is 3. The summed E-state index contributed by atoms with van der Waals surface area (Å²) in [5.41, 5.74) is 2.22. The first-order valence-corrected chi connectivity index (χ1v) is 7.28. The van der Waals surface area contributed by atoms with Gasteiger partial charge in [0, 0.05) is 18.1 Å². The van der Waals surface area contributed by atoms with Crippen LogP contribution in [0.5, 0.6) is 0 Å². The fourth-order valence-electron chi connectivity index (χ4n) is 2.27. The van der Waals surface area contributed by atoms with Gasteiger partial charge in [-0.05, 0) is 43.7 Å². The van der Waals surface area contributed by atoms with Crippen molar-refractivity contribution < 1.29 is 9.18 Å². The number of halogens is 1. The maximum absolute atomic E-state index is 13.1. The van der Waals surface area contributed by atoms with Crippen molar-refractivity contribution in [3.63, 3.8) is 0 Å². The van der Waals surface area contributed by atoms with Crippen LogP contribution in [0.25, 0.3) is 10.2 Å². The number of benzene rings is 1. The van der Waals surface area contributed by atoms with Crippen LogP contribution >= 0.6 is 11.3 Å². The molecular weight excluding hydrogens is 289 g/mol. The summed E-state index contributed by atoms with van der Waals surface area (Å²) in [4.78, 5) is 13.9. The summed E-state index contributed by atoms with van der Waals surface area (Å²) in [7, 11) is 1.86. The summed E-state index contributed by atoms with van der Waals surface area (Å²) in [6.45, 7) is 3.68. The smallest absolute Gasteiger partial charge is 0.265 e. The molecule has 3 aromatic rings. The number of carbonyl (C=O) groups excluding carboxylic acids is 1. The number of amides is 1. The second-order valence-electron chi connectivity index (χ2n) is 4.95. The first-order valence-electron chi connectivity index (χ1n) is 6.46. The Morgan fingerprint density at radius 2 is 2.10 bits per heavy atom. The van der Waals surface area contributed by atoms with Gasteiger partial charge in [-0.15, -0.1) is 11.3 Å². The maximum atomic E-state index is 13.1. The van der Waals surface area contributed by atoms with Crippen LogP contribution in [0, 0.1) is 19.7 Å². The van der Waals surface area contributed by atoms with E-state index in [1.165, 1.54) is 23.5 Å². The number of nitrogens with one attached hydrogen (secondary N) is 1. The van der Waals surface area contributed by atoms with Crippen LogP contribution in [-0.4, -0.2) is 15.7 Å².